The minimum Gasteiger partial charge on any atom is -0.396 e. The third kappa shape index (κ3) is 6.11. The molecule has 0 bridgehead atoms. The van der Waals surface area contributed by atoms with Gasteiger partial charge in [-0.1, -0.05) is 6.42 Å². The second kappa shape index (κ2) is 9.69. The van der Waals surface area contributed by atoms with Crippen LogP contribution in [-0.2, 0) is 9.47 Å². The lowest BCUT2D eigenvalue weighted by Gasteiger charge is -2.19. The van der Waals surface area contributed by atoms with Crippen LogP contribution < -0.4 is 5.32 Å². The Morgan fingerprint density at radius 1 is 1.28 bits per heavy atom. The van der Waals surface area contributed by atoms with Crippen molar-refractivity contribution >= 4 is 0 Å². The zero-order valence-electron chi connectivity index (χ0n) is 11.3. The normalized spacial score (nSPS) is 25.5. The molecule has 108 valence electrons. The van der Waals surface area contributed by atoms with Crippen molar-refractivity contribution < 1.29 is 19.7 Å². The molecule has 5 nitrogen and oxygen atoms in total. The Bertz CT molecular complexity index is 203. The predicted molar refractivity (Wildman–Crippen MR) is 69.5 cm³/mol. The Kier molecular flexibility index (Phi) is 8.54. The lowest BCUT2D eigenvalue weighted by Crippen LogP contribution is -2.35. The van der Waals surface area contributed by atoms with Gasteiger partial charge in [-0.15, -0.1) is 0 Å². The number of hydrogen-bond donors (Lipinski definition) is 3. The molecule has 0 radical (unpaired) electrons. The van der Waals surface area contributed by atoms with Crippen LogP contribution in [0.15, 0.2) is 0 Å². The van der Waals surface area contributed by atoms with E-state index in [0.29, 0.717) is 38.2 Å². The molecule has 1 rings (SSSR count). The number of hydrogen-bond acceptors (Lipinski definition) is 5. The molecule has 0 heterocycles. The van der Waals surface area contributed by atoms with Gasteiger partial charge in [0.2, 0.25) is 0 Å². The van der Waals surface area contributed by atoms with E-state index in [1.54, 1.807) is 7.11 Å². The standard InChI is InChI=1S/C13H27NO4/c1-17-5-6-18-10-13(16)8-14-7-11-3-2-4-12(11)9-15/h11-16H,2-10H2,1H3. The highest BCUT2D eigenvalue weighted by molar-refractivity contribution is 4.78. The molecular formula is C13H27NO4. The lowest BCUT2D eigenvalue weighted by atomic mass is 9.97. The fourth-order valence-electron chi connectivity index (χ4n) is 2.48. The van der Waals surface area contributed by atoms with E-state index in [4.69, 9.17) is 9.47 Å². The van der Waals surface area contributed by atoms with Gasteiger partial charge in [0, 0.05) is 20.3 Å². The minimum absolute atomic E-state index is 0.287. The fraction of sp³-hybridized carbons (Fsp3) is 1.00. The molecule has 0 aromatic carbocycles. The zero-order valence-corrected chi connectivity index (χ0v) is 11.3. The summed E-state index contributed by atoms with van der Waals surface area (Å²) in [4.78, 5) is 0. The summed E-state index contributed by atoms with van der Waals surface area (Å²) >= 11 is 0. The van der Waals surface area contributed by atoms with Gasteiger partial charge in [-0.05, 0) is 31.2 Å². The van der Waals surface area contributed by atoms with Crippen molar-refractivity contribution in [2.45, 2.75) is 25.4 Å². The van der Waals surface area contributed by atoms with Crippen molar-refractivity contribution in [3.63, 3.8) is 0 Å². The van der Waals surface area contributed by atoms with Crippen LogP contribution in [-0.4, -0.2) is 62.9 Å². The van der Waals surface area contributed by atoms with Gasteiger partial charge in [0.05, 0.1) is 25.9 Å². The summed E-state index contributed by atoms with van der Waals surface area (Å²) in [7, 11) is 1.63. The average Bonchev–Trinajstić information content (AvgIpc) is 2.82. The highest BCUT2D eigenvalue weighted by Gasteiger charge is 2.26. The second-order valence-corrected chi connectivity index (χ2v) is 5.01. The first kappa shape index (κ1) is 15.9. The number of aliphatic hydroxyl groups excluding tert-OH is 2. The molecule has 0 spiro atoms. The van der Waals surface area contributed by atoms with E-state index in [0.717, 1.165) is 13.0 Å². The van der Waals surface area contributed by atoms with Crippen LogP contribution in [0.5, 0.6) is 0 Å². The fourth-order valence-corrected chi connectivity index (χ4v) is 2.48. The highest BCUT2D eigenvalue weighted by atomic mass is 16.5. The monoisotopic (exact) mass is 261 g/mol. The summed E-state index contributed by atoms with van der Waals surface area (Å²) < 4.78 is 10.1. The van der Waals surface area contributed by atoms with Gasteiger partial charge in [-0.2, -0.15) is 0 Å². The van der Waals surface area contributed by atoms with Gasteiger partial charge in [0.1, 0.15) is 0 Å². The maximum Gasteiger partial charge on any atom is 0.0897 e. The smallest absolute Gasteiger partial charge is 0.0897 e. The van der Waals surface area contributed by atoms with Crippen LogP contribution in [0, 0.1) is 11.8 Å². The molecule has 3 N–H and O–H groups in total. The van der Waals surface area contributed by atoms with Crippen LogP contribution >= 0.6 is 0 Å². The molecule has 1 aliphatic rings. The molecular weight excluding hydrogens is 234 g/mol. The van der Waals surface area contributed by atoms with Crippen molar-refractivity contribution in [2.75, 3.05) is 46.6 Å². The van der Waals surface area contributed by atoms with E-state index in [9.17, 15) is 10.2 Å². The van der Waals surface area contributed by atoms with Gasteiger partial charge < -0.3 is 25.0 Å². The van der Waals surface area contributed by atoms with Gasteiger partial charge in [0.15, 0.2) is 0 Å². The van der Waals surface area contributed by atoms with Gasteiger partial charge >= 0.3 is 0 Å². The van der Waals surface area contributed by atoms with Crippen molar-refractivity contribution in [2.24, 2.45) is 11.8 Å². The van der Waals surface area contributed by atoms with Crippen LogP contribution in [0.3, 0.4) is 0 Å². The number of aliphatic hydroxyl groups is 2. The van der Waals surface area contributed by atoms with E-state index in [1.807, 2.05) is 0 Å². The maximum atomic E-state index is 9.67. The zero-order chi connectivity index (χ0) is 13.2. The van der Waals surface area contributed by atoms with E-state index < -0.39 is 6.10 Å². The molecule has 1 saturated carbocycles. The first-order valence-electron chi connectivity index (χ1n) is 6.84. The predicted octanol–water partition coefficient (Wildman–Crippen LogP) is 0.00850. The quantitative estimate of drug-likeness (QED) is 0.483. The molecule has 0 amide bonds. The Hall–Kier alpha value is -0.200. The van der Waals surface area contributed by atoms with Crippen LogP contribution in [0.25, 0.3) is 0 Å². The van der Waals surface area contributed by atoms with E-state index >= 15 is 0 Å². The average molecular weight is 261 g/mol. The highest BCUT2D eigenvalue weighted by Crippen LogP contribution is 2.30. The van der Waals surface area contributed by atoms with E-state index in [1.165, 1.54) is 12.8 Å². The van der Waals surface area contributed by atoms with Gasteiger partial charge in [-0.3, -0.25) is 0 Å². The van der Waals surface area contributed by atoms with Crippen LogP contribution in [0.1, 0.15) is 19.3 Å². The minimum atomic E-state index is -0.476. The van der Waals surface area contributed by atoms with Gasteiger partial charge in [0.25, 0.3) is 0 Å². The second-order valence-electron chi connectivity index (χ2n) is 5.01. The molecule has 0 saturated heterocycles. The first-order chi connectivity index (χ1) is 8.77. The molecule has 1 aliphatic carbocycles. The number of rotatable bonds is 10. The Labute approximate surface area is 109 Å². The van der Waals surface area contributed by atoms with Crippen LogP contribution in [0.2, 0.25) is 0 Å². The molecule has 5 heteroatoms. The summed E-state index contributed by atoms with van der Waals surface area (Å²) in [5.74, 6) is 0.990. The molecule has 1 fully saturated rings. The Morgan fingerprint density at radius 2 is 2.06 bits per heavy atom. The Balaban J connectivity index is 1.99. The summed E-state index contributed by atoms with van der Waals surface area (Å²) in [6, 6.07) is 0. The third-order valence-corrected chi connectivity index (χ3v) is 3.58. The molecule has 3 atom stereocenters. The molecule has 0 aliphatic heterocycles. The first-order valence-corrected chi connectivity index (χ1v) is 6.84. The molecule has 18 heavy (non-hydrogen) atoms. The lowest BCUT2D eigenvalue weighted by molar-refractivity contribution is 0.0133. The van der Waals surface area contributed by atoms with E-state index in [2.05, 4.69) is 5.32 Å². The number of nitrogens with one attached hydrogen (secondary N) is 1. The van der Waals surface area contributed by atoms with Crippen LogP contribution in [0.4, 0.5) is 0 Å². The summed E-state index contributed by atoms with van der Waals surface area (Å²) in [6.45, 7) is 3.12. The number of methoxy groups -OCH3 is 1. The van der Waals surface area contributed by atoms with Crippen molar-refractivity contribution in [3.8, 4) is 0 Å². The maximum absolute atomic E-state index is 9.67. The van der Waals surface area contributed by atoms with Gasteiger partial charge in [-0.25, -0.2) is 0 Å². The molecule has 0 aromatic rings. The summed E-state index contributed by atoms with van der Waals surface area (Å²) in [6.07, 6.45) is 3.04. The van der Waals surface area contributed by atoms with Crippen molar-refractivity contribution in [3.05, 3.63) is 0 Å². The molecule has 3 unspecified atom stereocenters. The largest absolute Gasteiger partial charge is 0.396 e. The van der Waals surface area contributed by atoms with E-state index in [-0.39, 0.29) is 6.61 Å². The van der Waals surface area contributed by atoms with Crippen molar-refractivity contribution in [1.29, 1.82) is 0 Å². The third-order valence-electron chi connectivity index (χ3n) is 3.58. The number of ether oxygens (including phenoxy) is 2. The topological polar surface area (TPSA) is 71.0 Å². The summed E-state index contributed by atoms with van der Waals surface area (Å²) in [5, 5.41) is 22.1. The molecule has 0 aromatic heterocycles. The summed E-state index contributed by atoms with van der Waals surface area (Å²) in [5.41, 5.74) is 0. The Morgan fingerprint density at radius 3 is 2.78 bits per heavy atom. The SMILES string of the molecule is COCCOCC(O)CNCC1CCCC1CO. The van der Waals surface area contributed by atoms with Crippen molar-refractivity contribution in [1.82, 2.24) is 5.32 Å².